The van der Waals surface area contributed by atoms with E-state index in [0.717, 1.165) is 18.6 Å². The highest BCUT2D eigenvalue weighted by molar-refractivity contribution is 6.16. The molecule has 3 heterocycles. The second-order valence-corrected chi connectivity index (χ2v) is 6.47. The third kappa shape index (κ3) is 3.29. The Balaban J connectivity index is 1.83. The summed E-state index contributed by atoms with van der Waals surface area (Å²) in [5, 5.41) is 2.73. The molecule has 2 amide bonds. The summed E-state index contributed by atoms with van der Waals surface area (Å²) in [6, 6.07) is 7.04. The number of ether oxygens (including phenoxy) is 1. The predicted octanol–water partition coefficient (Wildman–Crippen LogP) is 2.58. The highest BCUT2D eigenvalue weighted by atomic mass is 16.5. The van der Waals surface area contributed by atoms with E-state index in [1.165, 1.54) is 6.92 Å². The highest BCUT2D eigenvalue weighted by Gasteiger charge is 2.51. The molecule has 7 nitrogen and oxygen atoms in total. The molecule has 7 heteroatoms. The van der Waals surface area contributed by atoms with Crippen LogP contribution in [0, 0.1) is 6.92 Å². The van der Waals surface area contributed by atoms with Crippen molar-refractivity contribution >= 4 is 17.6 Å². The quantitative estimate of drug-likeness (QED) is 0.803. The minimum Gasteiger partial charge on any atom is -0.465 e. The molecule has 0 aliphatic carbocycles. The van der Waals surface area contributed by atoms with E-state index in [-0.39, 0.29) is 6.54 Å². The van der Waals surface area contributed by atoms with Gasteiger partial charge in [0.2, 0.25) is 0 Å². The Morgan fingerprint density at radius 3 is 2.85 bits per heavy atom. The van der Waals surface area contributed by atoms with Gasteiger partial charge in [0.05, 0.1) is 6.54 Å². The molecule has 0 radical (unpaired) electrons. The van der Waals surface area contributed by atoms with Crippen molar-refractivity contribution in [1.82, 2.24) is 10.3 Å². The number of pyridine rings is 1. The summed E-state index contributed by atoms with van der Waals surface area (Å²) in [5.41, 5.74) is -1.65. The van der Waals surface area contributed by atoms with Gasteiger partial charge in [-0.3, -0.25) is 14.5 Å². The average molecular weight is 357 g/mol. The molecule has 1 atom stereocenters. The van der Waals surface area contributed by atoms with Crippen molar-refractivity contribution in [3.63, 3.8) is 0 Å². The van der Waals surface area contributed by atoms with Crippen LogP contribution in [-0.2, 0) is 16.1 Å². The average Bonchev–Trinajstić information content (AvgIpc) is 3.05. The smallest absolute Gasteiger partial charge is 0.282 e. The Kier molecular flexibility index (Phi) is 4.97. The third-order valence-electron chi connectivity index (χ3n) is 4.36. The molecule has 0 fully saturated rings. The van der Waals surface area contributed by atoms with Gasteiger partial charge in [0.15, 0.2) is 11.6 Å². The maximum Gasteiger partial charge on any atom is 0.282 e. The molecule has 3 rings (SSSR count). The topological polar surface area (TPSA) is 84.7 Å². The fourth-order valence-electron chi connectivity index (χ4n) is 2.87. The van der Waals surface area contributed by atoms with E-state index in [1.54, 1.807) is 29.3 Å². The summed E-state index contributed by atoms with van der Waals surface area (Å²) in [5.74, 6) is 1.34. The van der Waals surface area contributed by atoms with Crippen LogP contribution >= 0.6 is 0 Å². The highest BCUT2D eigenvalue weighted by Crippen LogP contribution is 2.36. The number of furan rings is 1. The lowest BCUT2D eigenvalue weighted by Crippen LogP contribution is -2.62. The first-order chi connectivity index (χ1) is 12.5. The zero-order valence-corrected chi connectivity index (χ0v) is 15.2. The molecule has 0 bridgehead atoms. The molecule has 1 aliphatic heterocycles. The lowest BCUT2D eigenvalue weighted by Gasteiger charge is -2.38. The maximum atomic E-state index is 13.0. The van der Waals surface area contributed by atoms with Crippen molar-refractivity contribution in [2.24, 2.45) is 0 Å². The van der Waals surface area contributed by atoms with E-state index in [4.69, 9.17) is 9.15 Å². The number of anilines is 1. The number of carbonyl (C=O) groups is 2. The van der Waals surface area contributed by atoms with E-state index in [0.29, 0.717) is 23.9 Å². The van der Waals surface area contributed by atoms with Crippen LogP contribution in [0.2, 0.25) is 0 Å². The summed E-state index contributed by atoms with van der Waals surface area (Å²) in [4.78, 5) is 31.6. The van der Waals surface area contributed by atoms with Crippen molar-refractivity contribution in [2.45, 2.75) is 45.8 Å². The number of amides is 2. The van der Waals surface area contributed by atoms with E-state index in [9.17, 15) is 9.59 Å². The predicted molar refractivity (Wildman–Crippen MR) is 95.8 cm³/mol. The zero-order valence-electron chi connectivity index (χ0n) is 15.2. The van der Waals surface area contributed by atoms with Crippen LogP contribution in [0.3, 0.4) is 0 Å². The molecule has 1 aliphatic rings. The van der Waals surface area contributed by atoms with Crippen molar-refractivity contribution in [1.29, 1.82) is 0 Å². The Morgan fingerprint density at radius 1 is 1.35 bits per heavy atom. The number of aromatic nitrogens is 1. The first kappa shape index (κ1) is 18.0. The van der Waals surface area contributed by atoms with E-state index in [2.05, 4.69) is 10.3 Å². The van der Waals surface area contributed by atoms with Crippen molar-refractivity contribution < 1.29 is 18.7 Å². The number of hydrogen-bond acceptors (Lipinski definition) is 5. The zero-order chi connectivity index (χ0) is 18.7. The molecule has 0 saturated heterocycles. The molecule has 0 aromatic carbocycles. The number of nitrogens with one attached hydrogen (secondary N) is 1. The molecule has 1 unspecified atom stereocenters. The van der Waals surface area contributed by atoms with Crippen LogP contribution in [0.1, 0.15) is 38.2 Å². The van der Waals surface area contributed by atoms with Crippen LogP contribution in [0.5, 0.6) is 5.75 Å². The van der Waals surface area contributed by atoms with E-state index in [1.807, 2.05) is 19.9 Å². The van der Waals surface area contributed by atoms with Crippen molar-refractivity contribution in [3.8, 4) is 5.75 Å². The minimum absolute atomic E-state index is 0.188. The van der Waals surface area contributed by atoms with Crippen LogP contribution < -0.4 is 15.0 Å². The molecule has 2 aromatic rings. The fourth-order valence-corrected chi connectivity index (χ4v) is 2.87. The normalized spacial score (nSPS) is 19.0. The van der Waals surface area contributed by atoms with Gasteiger partial charge in [-0.2, -0.15) is 0 Å². The lowest BCUT2D eigenvalue weighted by atomic mass is 10.0. The summed E-state index contributed by atoms with van der Waals surface area (Å²) in [6.45, 7) is 6.04. The second kappa shape index (κ2) is 7.19. The van der Waals surface area contributed by atoms with Crippen LogP contribution in [0.15, 0.2) is 34.9 Å². The number of carbonyl (C=O) groups excluding carboxylic acids is 2. The molecule has 26 heavy (non-hydrogen) atoms. The number of aryl methyl sites for hydroxylation is 1. The van der Waals surface area contributed by atoms with Gasteiger partial charge in [0.25, 0.3) is 17.4 Å². The van der Waals surface area contributed by atoms with Gasteiger partial charge in [-0.15, -0.1) is 0 Å². The van der Waals surface area contributed by atoms with Crippen LogP contribution in [-0.4, -0.2) is 28.9 Å². The number of fused-ring (bicyclic) bond motifs is 1. The van der Waals surface area contributed by atoms with Gasteiger partial charge < -0.3 is 14.5 Å². The van der Waals surface area contributed by atoms with E-state index < -0.39 is 17.4 Å². The van der Waals surface area contributed by atoms with Gasteiger partial charge >= 0.3 is 0 Å². The monoisotopic (exact) mass is 357 g/mol. The summed E-state index contributed by atoms with van der Waals surface area (Å²) >= 11 is 0. The first-order valence-corrected chi connectivity index (χ1v) is 8.75. The number of hydrogen-bond donors (Lipinski definition) is 1. The molecular weight excluding hydrogens is 334 g/mol. The molecular formula is C19H23N3O4. The van der Waals surface area contributed by atoms with Gasteiger partial charge in [0, 0.05) is 12.7 Å². The first-order valence-electron chi connectivity index (χ1n) is 8.75. The van der Waals surface area contributed by atoms with Crippen molar-refractivity contribution in [2.75, 3.05) is 11.4 Å². The molecule has 138 valence electrons. The van der Waals surface area contributed by atoms with Gasteiger partial charge in [-0.1, -0.05) is 13.3 Å². The molecule has 0 spiro atoms. The molecule has 1 N–H and O–H groups in total. The molecule has 0 saturated carbocycles. The van der Waals surface area contributed by atoms with Crippen LogP contribution in [0.4, 0.5) is 5.82 Å². The maximum absolute atomic E-state index is 13.0. The third-order valence-corrected chi connectivity index (χ3v) is 4.36. The minimum atomic E-state index is -1.65. The second-order valence-electron chi connectivity index (χ2n) is 6.47. The van der Waals surface area contributed by atoms with Gasteiger partial charge in [-0.05, 0) is 44.5 Å². The van der Waals surface area contributed by atoms with Gasteiger partial charge in [-0.25, -0.2) is 4.98 Å². The summed E-state index contributed by atoms with van der Waals surface area (Å²) in [7, 11) is 0. The van der Waals surface area contributed by atoms with Crippen LogP contribution in [0.25, 0.3) is 0 Å². The number of nitrogens with zero attached hydrogens (tertiary/aromatic N) is 2. The largest absolute Gasteiger partial charge is 0.465 e. The SMILES string of the molecule is CCCCN1C(=O)C(C)(C(=O)NCc2ccc(C)o2)Oc2cccnc21. The van der Waals surface area contributed by atoms with E-state index >= 15 is 0 Å². The Morgan fingerprint density at radius 2 is 2.15 bits per heavy atom. The Labute approximate surface area is 152 Å². The van der Waals surface area contributed by atoms with Gasteiger partial charge in [0.1, 0.15) is 11.5 Å². The number of rotatable bonds is 6. The lowest BCUT2D eigenvalue weighted by molar-refractivity contribution is -0.148. The Bertz CT molecular complexity index is 817. The standard InChI is InChI=1S/C19H23N3O4/c1-4-5-11-22-16-15(7-6-10-20-16)26-19(3,18(22)24)17(23)21-12-14-9-8-13(2)25-14/h6-10H,4-5,11-12H2,1-3H3,(H,21,23). The van der Waals surface area contributed by atoms with Crippen molar-refractivity contribution in [3.05, 3.63) is 42.0 Å². The fraction of sp³-hybridized carbons (Fsp3) is 0.421. The summed E-state index contributed by atoms with van der Waals surface area (Å²) in [6.07, 6.45) is 3.34. The summed E-state index contributed by atoms with van der Waals surface area (Å²) < 4.78 is 11.3. The molecule has 2 aromatic heterocycles. The Hall–Kier alpha value is -2.83. The number of unbranched alkanes of at least 4 members (excludes halogenated alkanes) is 1.